The van der Waals surface area contributed by atoms with Crippen LogP contribution in [0.25, 0.3) is 10.6 Å². The van der Waals surface area contributed by atoms with Crippen molar-refractivity contribution in [3.63, 3.8) is 0 Å². The molecule has 3 amide bonds. The van der Waals surface area contributed by atoms with Crippen LogP contribution in [0.3, 0.4) is 0 Å². The van der Waals surface area contributed by atoms with E-state index in [9.17, 15) is 22.8 Å². The van der Waals surface area contributed by atoms with Gasteiger partial charge in [-0.3, -0.25) is 10.1 Å². The Morgan fingerprint density at radius 1 is 0.892 bits per heavy atom. The summed E-state index contributed by atoms with van der Waals surface area (Å²) in [6, 6.07) is 18.3. The van der Waals surface area contributed by atoms with Crippen molar-refractivity contribution >= 4 is 45.7 Å². The van der Waals surface area contributed by atoms with Gasteiger partial charge in [-0.25, -0.2) is 4.79 Å². The van der Waals surface area contributed by atoms with E-state index < -0.39 is 35.4 Å². The number of alkyl halides is 3. The molecule has 0 spiro atoms. The first-order valence-corrected chi connectivity index (χ1v) is 12.1. The van der Waals surface area contributed by atoms with Gasteiger partial charge >= 0.3 is 12.2 Å². The zero-order valence-corrected chi connectivity index (χ0v) is 20.5. The van der Waals surface area contributed by atoms with Crippen molar-refractivity contribution in [1.82, 2.24) is 15.5 Å². The molecule has 0 bridgehead atoms. The zero-order chi connectivity index (χ0) is 26.4. The maximum atomic E-state index is 13.3. The molecule has 0 saturated heterocycles. The second-order valence-corrected chi connectivity index (χ2v) is 9.21. The van der Waals surface area contributed by atoms with Crippen molar-refractivity contribution < 1.29 is 22.8 Å². The molecule has 1 heterocycles. The highest BCUT2D eigenvalue weighted by atomic mass is 35.5. The largest absolute Gasteiger partial charge is 0.418 e. The minimum Gasteiger partial charge on any atom is -0.326 e. The molecule has 1 aromatic heterocycles. The van der Waals surface area contributed by atoms with E-state index in [0.717, 1.165) is 34.6 Å². The van der Waals surface area contributed by atoms with Gasteiger partial charge in [0.15, 0.2) is 0 Å². The molecule has 0 saturated carbocycles. The SMILES string of the molecule is O=C(Nc1ccccc1C(F)(F)F)N[C@H](Cc1ccccc1)C(=O)Nc1nnc(-c2ccc(Cl)cc2)s1. The van der Waals surface area contributed by atoms with Crippen LogP contribution >= 0.6 is 22.9 Å². The van der Waals surface area contributed by atoms with Crippen molar-refractivity contribution in [2.75, 3.05) is 10.6 Å². The fraction of sp³-hybridized carbons (Fsp3) is 0.120. The topological polar surface area (TPSA) is 96.0 Å². The van der Waals surface area contributed by atoms with Gasteiger partial charge in [0.1, 0.15) is 11.0 Å². The number of halogens is 4. The lowest BCUT2D eigenvalue weighted by Gasteiger charge is -2.19. The molecule has 12 heteroatoms. The molecule has 0 aliphatic carbocycles. The van der Waals surface area contributed by atoms with Gasteiger partial charge in [0.2, 0.25) is 11.0 Å². The monoisotopic (exact) mass is 545 g/mol. The summed E-state index contributed by atoms with van der Waals surface area (Å²) in [7, 11) is 0. The number of para-hydroxylation sites is 1. The Labute approximate surface area is 218 Å². The number of hydrogen-bond donors (Lipinski definition) is 3. The van der Waals surface area contributed by atoms with Crippen LogP contribution in [-0.4, -0.2) is 28.2 Å². The number of carbonyl (C=O) groups excluding carboxylic acids is 2. The van der Waals surface area contributed by atoms with Crippen LogP contribution in [0.15, 0.2) is 78.9 Å². The molecule has 37 heavy (non-hydrogen) atoms. The van der Waals surface area contributed by atoms with Crippen molar-refractivity contribution in [2.45, 2.75) is 18.6 Å². The van der Waals surface area contributed by atoms with Gasteiger partial charge < -0.3 is 10.6 Å². The molecule has 4 rings (SSSR count). The van der Waals surface area contributed by atoms with Crippen molar-refractivity contribution in [1.29, 1.82) is 0 Å². The number of anilines is 2. The Bertz CT molecular complexity index is 1380. The van der Waals surface area contributed by atoms with Gasteiger partial charge in [0.25, 0.3) is 0 Å². The van der Waals surface area contributed by atoms with Gasteiger partial charge in [0.05, 0.1) is 11.3 Å². The molecule has 0 fully saturated rings. The van der Waals surface area contributed by atoms with Gasteiger partial charge in [-0.15, -0.1) is 10.2 Å². The highest BCUT2D eigenvalue weighted by molar-refractivity contribution is 7.18. The van der Waals surface area contributed by atoms with Crippen LogP contribution < -0.4 is 16.0 Å². The van der Waals surface area contributed by atoms with Gasteiger partial charge in [-0.2, -0.15) is 13.2 Å². The normalized spacial score (nSPS) is 12.0. The number of carbonyl (C=O) groups is 2. The molecule has 0 aliphatic heterocycles. The van der Waals surface area contributed by atoms with E-state index in [1.54, 1.807) is 54.6 Å². The smallest absolute Gasteiger partial charge is 0.326 e. The van der Waals surface area contributed by atoms with Crippen LogP contribution in [-0.2, 0) is 17.4 Å². The highest BCUT2D eigenvalue weighted by Crippen LogP contribution is 2.34. The first-order chi connectivity index (χ1) is 17.7. The summed E-state index contributed by atoms with van der Waals surface area (Å²) in [5.41, 5.74) is 0.0581. The van der Waals surface area contributed by atoms with Crippen LogP contribution in [0.5, 0.6) is 0 Å². The van der Waals surface area contributed by atoms with E-state index in [4.69, 9.17) is 11.6 Å². The first-order valence-electron chi connectivity index (χ1n) is 10.9. The van der Waals surface area contributed by atoms with E-state index in [1.807, 2.05) is 0 Å². The molecule has 7 nitrogen and oxygen atoms in total. The summed E-state index contributed by atoms with van der Waals surface area (Å²) in [5.74, 6) is -0.609. The molecule has 3 N–H and O–H groups in total. The zero-order valence-electron chi connectivity index (χ0n) is 18.9. The quantitative estimate of drug-likeness (QED) is 0.256. The fourth-order valence-electron chi connectivity index (χ4n) is 3.39. The molecular formula is C25H19ClF3N5O2S. The molecule has 0 radical (unpaired) electrons. The molecule has 190 valence electrons. The van der Waals surface area contributed by atoms with Crippen LogP contribution in [0.1, 0.15) is 11.1 Å². The summed E-state index contributed by atoms with van der Waals surface area (Å²) < 4.78 is 39.9. The second kappa shape index (κ2) is 11.4. The Balaban J connectivity index is 1.50. The van der Waals surface area contributed by atoms with E-state index in [-0.39, 0.29) is 11.6 Å². The lowest BCUT2D eigenvalue weighted by molar-refractivity contribution is -0.137. The summed E-state index contributed by atoms with van der Waals surface area (Å²) in [6.45, 7) is 0. The summed E-state index contributed by atoms with van der Waals surface area (Å²) in [5, 5.41) is 16.6. The number of hydrogen-bond acceptors (Lipinski definition) is 5. The molecule has 3 aromatic carbocycles. The third-order valence-corrected chi connectivity index (χ3v) is 6.27. The average Bonchev–Trinajstić information content (AvgIpc) is 3.33. The van der Waals surface area contributed by atoms with Crippen molar-refractivity contribution in [3.8, 4) is 10.6 Å². The van der Waals surface area contributed by atoms with Crippen LogP contribution in [0.2, 0.25) is 5.02 Å². The van der Waals surface area contributed by atoms with Gasteiger partial charge in [0, 0.05) is 17.0 Å². The standard InChI is InChI=1S/C25H19ClF3N5O2S/c26-17-12-10-16(11-13-17)22-33-34-24(37-22)32-21(35)20(14-15-6-2-1-3-7-15)31-23(36)30-19-9-5-4-8-18(19)25(27,28)29/h1-13,20H,14H2,(H2,30,31,36)(H,32,34,35)/t20-/m1/s1. The third-order valence-electron chi connectivity index (χ3n) is 5.13. The fourth-order valence-corrected chi connectivity index (χ4v) is 4.27. The predicted molar refractivity (Wildman–Crippen MR) is 137 cm³/mol. The van der Waals surface area contributed by atoms with Crippen molar-refractivity contribution in [2.24, 2.45) is 0 Å². The Morgan fingerprint density at radius 3 is 2.27 bits per heavy atom. The van der Waals surface area contributed by atoms with E-state index in [0.29, 0.717) is 10.0 Å². The maximum absolute atomic E-state index is 13.3. The summed E-state index contributed by atoms with van der Waals surface area (Å²) in [4.78, 5) is 25.8. The Hall–Kier alpha value is -3.96. The molecule has 4 aromatic rings. The molecule has 0 unspecified atom stereocenters. The number of nitrogens with zero attached hydrogens (tertiary/aromatic N) is 2. The number of amides is 3. The minimum atomic E-state index is -4.66. The summed E-state index contributed by atoms with van der Waals surface area (Å²) >= 11 is 7.03. The molecule has 0 aliphatic rings. The molecular weight excluding hydrogens is 527 g/mol. The Kier molecular flexibility index (Phi) is 8.04. The lowest BCUT2D eigenvalue weighted by atomic mass is 10.1. The highest BCUT2D eigenvalue weighted by Gasteiger charge is 2.34. The number of rotatable bonds is 7. The predicted octanol–water partition coefficient (Wildman–Crippen LogP) is 6.25. The van der Waals surface area contributed by atoms with E-state index in [2.05, 4.69) is 26.1 Å². The first kappa shape index (κ1) is 26.1. The lowest BCUT2D eigenvalue weighted by Crippen LogP contribution is -2.47. The van der Waals surface area contributed by atoms with E-state index >= 15 is 0 Å². The third kappa shape index (κ3) is 7.05. The summed E-state index contributed by atoms with van der Waals surface area (Å²) in [6.07, 6.45) is -4.58. The van der Waals surface area contributed by atoms with Crippen molar-refractivity contribution in [3.05, 3.63) is 95.0 Å². The second-order valence-electron chi connectivity index (χ2n) is 7.79. The van der Waals surface area contributed by atoms with Crippen LogP contribution in [0, 0.1) is 0 Å². The van der Waals surface area contributed by atoms with Gasteiger partial charge in [-0.1, -0.05) is 77.5 Å². The van der Waals surface area contributed by atoms with Gasteiger partial charge in [-0.05, 0) is 29.8 Å². The number of nitrogens with one attached hydrogen (secondary N) is 3. The number of urea groups is 1. The Morgan fingerprint density at radius 2 is 1.57 bits per heavy atom. The molecule has 1 atom stereocenters. The number of aromatic nitrogens is 2. The number of benzene rings is 3. The maximum Gasteiger partial charge on any atom is 0.418 e. The van der Waals surface area contributed by atoms with E-state index in [1.165, 1.54) is 12.1 Å². The minimum absolute atomic E-state index is 0.0872. The average molecular weight is 546 g/mol. The van der Waals surface area contributed by atoms with Crippen LogP contribution in [0.4, 0.5) is 28.8 Å².